The number of carboxylic acid groups (broad SMARTS) is 1. The van der Waals surface area contributed by atoms with Crippen molar-refractivity contribution >= 4 is 34.0 Å². The molecule has 1 aromatic carbocycles. The number of carbonyl (C=O) groups is 1. The van der Waals surface area contributed by atoms with E-state index in [1.54, 1.807) is 6.20 Å². The molecule has 3 aromatic rings. The van der Waals surface area contributed by atoms with Crippen LogP contribution in [0.15, 0.2) is 47.4 Å². The molecular formula is C15H12N2O3S2. The Morgan fingerprint density at radius 2 is 2.09 bits per heavy atom. The molecule has 1 N–H and O–H groups in total. The first kappa shape index (κ1) is 14.8. The number of rotatable bonds is 5. The quantitative estimate of drug-likeness (QED) is 0.778. The number of thioether (sulfide) groups is 1. The van der Waals surface area contributed by atoms with Gasteiger partial charge >= 0.3 is 5.97 Å². The number of nitrogens with zero attached hydrogens (tertiary/aromatic N) is 2. The van der Waals surface area contributed by atoms with Gasteiger partial charge in [-0.3, -0.25) is 14.0 Å². The molecule has 0 saturated carbocycles. The second-order valence-corrected chi connectivity index (χ2v) is 6.58. The van der Waals surface area contributed by atoms with Crippen LogP contribution in [0.2, 0.25) is 0 Å². The molecule has 0 aliphatic heterocycles. The lowest BCUT2D eigenvalue weighted by Crippen LogP contribution is -2.12. The largest absolute Gasteiger partial charge is 0.481 e. The van der Waals surface area contributed by atoms with Crippen molar-refractivity contribution in [2.24, 2.45) is 0 Å². The van der Waals surface area contributed by atoms with Crippen LogP contribution in [0.1, 0.15) is 5.69 Å². The maximum absolute atomic E-state index is 12.1. The molecule has 0 aliphatic rings. The summed E-state index contributed by atoms with van der Waals surface area (Å²) in [6, 6.07) is 11.3. The van der Waals surface area contributed by atoms with Crippen molar-refractivity contribution in [2.45, 2.75) is 5.75 Å². The van der Waals surface area contributed by atoms with Gasteiger partial charge in [0, 0.05) is 18.0 Å². The first-order valence-corrected chi connectivity index (χ1v) is 8.48. The zero-order valence-corrected chi connectivity index (χ0v) is 13.1. The minimum absolute atomic E-state index is 0.000750. The van der Waals surface area contributed by atoms with Gasteiger partial charge in [0.15, 0.2) is 4.96 Å². The van der Waals surface area contributed by atoms with Crippen LogP contribution in [0.5, 0.6) is 0 Å². The Labute approximate surface area is 134 Å². The zero-order valence-electron chi connectivity index (χ0n) is 11.4. The number of hydrogen-bond donors (Lipinski definition) is 1. The third-order valence-corrected chi connectivity index (χ3v) is 4.94. The van der Waals surface area contributed by atoms with Crippen molar-refractivity contribution in [2.75, 3.05) is 5.75 Å². The van der Waals surface area contributed by atoms with Gasteiger partial charge < -0.3 is 5.11 Å². The predicted octanol–water partition coefficient (Wildman–Crippen LogP) is 2.74. The van der Waals surface area contributed by atoms with Crippen molar-refractivity contribution in [1.82, 2.24) is 9.38 Å². The summed E-state index contributed by atoms with van der Waals surface area (Å²) in [7, 11) is 0. The van der Waals surface area contributed by atoms with E-state index in [0.717, 1.165) is 10.4 Å². The van der Waals surface area contributed by atoms with Gasteiger partial charge in [0.05, 0.1) is 16.3 Å². The SMILES string of the molecule is O=C(O)CSCc1cc(=O)n2cc(-c3ccccc3)sc2n1. The van der Waals surface area contributed by atoms with Crippen LogP contribution in [0, 0.1) is 0 Å². The Morgan fingerprint density at radius 3 is 2.82 bits per heavy atom. The highest BCUT2D eigenvalue weighted by atomic mass is 32.2. The fourth-order valence-corrected chi connectivity index (χ4v) is 3.65. The minimum atomic E-state index is -0.870. The van der Waals surface area contributed by atoms with Gasteiger partial charge in [0.1, 0.15) is 0 Å². The Morgan fingerprint density at radius 1 is 1.32 bits per heavy atom. The molecule has 0 aliphatic carbocycles. The summed E-state index contributed by atoms with van der Waals surface area (Å²) in [6.45, 7) is 0. The second kappa shape index (κ2) is 6.33. The fraction of sp³-hybridized carbons (Fsp3) is 0.133. The average Bonchev–Trinajstić information content (AvgIpc) is 2.92. The molecule has 0 bridgehead atoms. The molecular weight excluding hydrogens is 320 g/mol. The van der Waals surface area contributed by atoms with Crippen molar-refractivity contribution < 1.29 is 9.90 Å². The van der Waals surface area contributed by atoms with E-state index in [2.05, 4.69) is 4.98 Å². The molecule has 5 nitrogen and oxygen atoms in total. The van der Waals surface area contributed by atoms with E-state index >= 15 is 0 Å². The van der Waals surface area contributed by atoms with Crippen molar-refractivity contribution in [1.29, 1.82) is 0 Å². The van der Waals surface area contributed by atoms with Crippen LogP contribution in [0.3, 0.4) is 0 Å². The summed E-state index contributed by atoms with van der Waals surface area (Å²) in [5, 5.41) is 8.64. The van der Waals surface area contributed by atoms with Crippen LogP contribution in [-0.2, 0) is 10.5 Å². The van der Waals surface area contributed by atoms with Gasteiger partial charge in [-0.25, -0.2) is 4.98 Å². The van der Waals surface area contributed by atoms with E-state index in [-0.39, 0.29) is 11.3 Å². The van der Waals surface area contributed by atoms with Gasteiger partial charge in [-0.1, -0.05) is 41.7 Å². The van der Waals surface area contributed by atoms with E-state index in [4.69, 9.17) is 5.11 Å². The van der Waals surface area contributed by atoms with Crippen LogP contribution in [-0.4, -0.2) is 26.2 Å². The number of aromatic nitrogens is 2. The minimum Gasteiger partial charge on any atom is -0.481 e. The van der Waals surface area contributed by atoms with E-state index < -0.39 is 5.97 Å². The Kier molecular flexibility index (Phi) is 4.26. The normalized spacial score (nSPS) is 10.9. The summed E-state index contributed by atoms with van der Waals surface area (Å²) in [5.41, 5.74) is 1.51. The molecule has 2 aromatic heterocycles. The number of fused-ring (bicyclic) bond motifs is 1. The molecule has 0 spiro atoms. The molecule has 0 fully saturated rings. The van der Waals surface area contributed by atoms with Gasteiger partial charge in [-0.15, -0.1) is 11.8 Å². The Bertz CT molecular complexity index is 871. The van der Waals surface area contributed by atoms with E-state index in [0.29, 0.717) is 16.4 Å². The highest BCUT2D eigenvalue weighted by Crippen LogP contribution is 2.27. The number of benzene rings is 1. The average molecular weight is 332 g/mol. The van der Waals surface area contributed by atoms with Gasteiger partial charge in [-0.05, 0) is 5.56 Å². The van der Waals surface area contributed by atoms with Crippen LogP contribution >= 0.6 is 23.1 Å². The lowest BCUT2D eigenvalue weighted by Gasteiger charge is -1.99. The summed E-state index contributed by atoms with van der Waals surface area (Å²) < 4.78 is 1.53. The monoisotopic (exact) mass is 332 g/mol. The summed E-state index contributed by atoms with van der Waals surface area (Å²) >= 11 is 2.67. The lowest BCUT2D eigenvalue weighted by atomic mass is 10.2. The molecule has 112 valence electrons. The fourth-order valence-electron chi connectivity index (χ4n) is 2.00. The summed E-state index contributed by atoms with van der Waals surface area (Å²) in [5.74, 6) is -0.456. The molecule has 0 amide bonds. The summed E-state index contributed by atoms with van der Waals surface area (Å²) in [6.07, 6.45) is 1.79. The van der Waals surface area contributed by atoms with E-state index in [9.17, 15) is 9.59 Å². The van der Waals surface area contributed by atoms with Crippen molar-refractivity contribution in [3.8, 4) is 10.4 Å². The van der Waals surface area contributed by atoms with E-state index in [1.807, 2.05) is 30.3 Å². The highest BCUT2D eigenvalue weighted by molar-refractivity contribution is 7.99. The molecule has 0 unspecified atom stereocenters. The standard InChI is InChI=1S/C15H12N2O3S2/c18-13-6-11(8-21-9-14(19)20)16-15-17(13)7-12(22-15)10-4-2-1-3-5-10/h1-7H,8-9H2,(H,19,20). The Balaban J connectivity index is 1.93. The highest BCUT2D eigenvalue weighted by Gasteiger charge is 2.09. The van der Waals surface area contributed by atoms with Crippen LogP contribution < -0.4 is 5.56 Å². The van der Waals surface area contributed by atoms with Crippen LogP contribution in [0.25, 0.3) is 15.4 Å². The van der Waals surface area contributed by atoms with Gasteiger partial charge in [0.25, 0.3) is 5.56 Å². The maximum Gasteiger partial charge on any atom is 0.313 e. The number of hydrogen-bond acceptors (Lipinski definition) is 5. The predicted molar refractivity (Wildman–Crippen MR) is 88.6 cm³/mol. The summed E-state index contributed by atoms with van der Waals surface area (Å²) in [4.78, 5) is 28.7. The number of thiazole rings is 1. The van der Waals surface area contributed by atoms with Crippen molar-refractivity contribution in [3.05, 3.63) is 58.6 Å². The van der Waals surface area contributed by atoms with Gasteiger partial charge in [0.2, 0.25) is 0 Å². The third kappa shape index (κ3) is 3.20. The molecule has 22 heavy (non-hydrogen) atoms. The van der Waals surface area contributed by atoms with Crippen LogP contribution in [0.4, 0.5) is 0 Å². The topological polar surface area (TPSA) is 71.7 Å². The Hall–Kier alpha value is -2.12. The smallest absolute Gasteiger partial charge is 0.313 e. The van der Waals surface area contributed by atoms with E-state index in [1.165, 1.54) is 33.6 Å². The third-order valence-electron chi connectivity index (χ3n) is 2.95. The first-order valence-electron chi connectivity index (χ1n) is 6.50. The molecule has 0 atom stereocenters. The first-order chi connectivity index (χ1) is 10.6. The maximum atomic E-state index is 12.1. The number of carboxylic acids is 1. The second-order valence-electron chi connectivity index (χ2n) is 4.59. The molecule has 0 radical (unpaired) electrons. The number of aliphatic carboxylic acids is 1. The molecule has 0 saturated heterocycles. The van der Waals surface area contributed by atoms with Gasteiger partial charge in [-0.2, -0.15) is 0 Å². The molecule has 7 heteroatoms. The molecule has 2 heterocycles. The van der Waals surface area contributed by atoms with Crippen molar-refractivity contribution in [3.63, 3.8) is 0 Å². The zero-order chi connectivity index (χ0) is 15.5. The molecule has 3 rings (SSSR count). The lowest BCUT2D eigenvalue weighted by molar-refractivity contribution is -0.133.